The summed E-state index contributed by atoms with van der Waals surface area (Å²) in [6.07, 6.45) is 5.33. The number of aromatic nitrogens is 6. The van der Waals surface area contributed by atoms with E-state index in [1.54, 1.807) is 9.20 Å². The number of nitrogens with one attached hydrogen (secondary N) is 1. The standard InChI is InChI=1S/C17H23N7O/c1-5-15-13(9-23(4)22-15)8-18-16(25)7-6-14-11(2)21-17-19-10-20-24(17)12(14)3/h9-10H,5-8H2,1-4H3,(H,18,25). The molecule has 0 aliphatic heterocycles. The zero-order chi connectivity index (χ0) is 18.0. The molecular formula is C17H23N7O. The maximum absolute atomic E-state index is 12.2. The van der Waals surface area contributed by atoms with Gasteiger partial charge in [0, 0.05) is 43.2 Å². The predicted molar refractivity (Wildman–Crippen MR) is 93.0 cm³/mol. The van der Waals surface area contributed by atoms with Crippen molar-refractivity contribution in [1.29, 1.82) is 0 Å². The van der Waals surface area contributed by atoms with Crippen molar-refractivity contribution in [1.82, 2.24) is 34.7 Å². The zero-order valence-corrected chi connectivity index (χ0v) is 15.1. The monoisotopic (exact) mass is 341 g/mol. The van der Waals surface area contributed by atoms with Gasteiger partial charge in [0.15, 0.2) is 0 Å². The fourth-order valence-corrected chi connectivity index (χ4v) is 3.07. The van der Waals surface area contributed by atoms with Crippen LogP contribution in [0.1, 0.15) is 41.6 Å². The Bertz CT molecular complexity index is 909. The van der Waals surface area contributed by atoms with Gasteiger partial charge in [0.05, 0.1) is 5.69 Å². The van der Waals surface area contributed by atoms with Crippen molar-refractivity contribution in [2.24, 2.45) is 7.05 Å². The summed E-state index contributed by atoms with van der Waals surface area (Å²) in [6, 6.07) is 0. The van der Waals surface area contributed by atoms with E-state index >= 15 is 0 Å². The second-order valence-electron chi connectivity index (χ2n) is 6.14. The lowest BCUT2D eigenvalue weighted by molar-refractivity contribution is -0.121. The highest BCUT2D eigenvalue weighted by atomic mass is 16.1. The van der Waals surface area contributed by atoms with E-state index in [1.165, 1.54) is 6.33 Å². The molecule has 3 aromatic rings. The number of carbonyl (C=O) groups excluding carboxylic acids is 1. The van der Waals surface area contributed by atoms with Crippen LogP contribution in [0, 0.1) is 13.8 Å². The summed E-state index contributed by atoms with van der Waals surface area (Å²) in [6.45, 7) is 6.49. The molecule has 3 heterocycles. The van der Waals surface area contributed by atoms with Crippen LogP contribution in [0.4, 0.5) is 0 Å². The van der Waals surface area contributed by atoms with E-state index < -0.39 is 0 Å². The van der Waals surface area contributed by atoms with Crippen LogP contribution in [-0.4, -0.2) is 35.3 Å². The van der Waals surface area contributed by atoms with E-state index in [-0.39, 0.29) is 5.91 Å². The fraction of sp³-hybridized carbons (Fsp3) is 0.471. The predicted octanol–water partition coefficient (Wildman–Crippen LogP) is 1.29. The number of fused-ring (bicyclic) bond motifs is 1. The maximum Gasteiger partial charge on any atom is 0.252 e. The Morgan fingerprint density at radius 1 is 1.32 bits per heavy atom. The van der Waals surface area contributed by atoms with Gasteiger partial charge in [-0.05, 0) is 32.3 Å². The van der Waals surface area contributed by atoms with E-state index in [9.17, 15) is 4.79 Å². The van der Waals surface area contributed by atoms with Gasteiger partial charge in [-0.1, -0.05) is 6.92 Å². The topological polar surface area (TPSA) is 90.0 Å². The summed E-state index contributed by atoms with van der Waals surface area (Å²) in [7, 11) is 1.89. The first kappa shape index (κ1) is 17.1. The molecule has 0 aromatic carbocycles. The number of hydrogen-bond donors (Lipinski definition) is 1. The van der Waals surface area contributed by atoms with Crippen LogP contribution in [0.25, 0.3) is 5.78 Å². The van der Waals surface area contributed by atoms with Gasteiger partial charge in [0.25, 0.3) is 5.78 Å². The van der Waals surface area contributed by atoms with Crippen molar-refractivity contribution in [3.8, 4) is 0 Å². The van der Waals surface area contributed by atoms with Crippen LogP contribution in [0.5, 0.6) is 0 Å². The second-order valence-corrected chi connectivity index (χ2v) is 6.14. The molecule has 0 unspecified atom stereocenters. The van der Waals surface area contributed by atoms with E-state index in [0.717, 1.165) is 34.6 Å². The first-order valence-corrected chi connectivity index (χ1v) is 8.43. The molecule has 3 rings (SSSR count). The SMILES string of the molecule is CCc1nn(C)cc1CNC(=O)CCc1c(C)nc2ncnn2c1C. The zero-order valence-electron chi connectivity index (χ0n) is 15.1. The lowest BCUT2D eigenvalue weighted by Gasteiger charge is -2.10. The summed E-state index contributed by atoms with van der Waals surface area (Å²) < 4.78 is 3.50. The lowest BCUT2D eigenvalue weighted by Crippen LogP contribution is -2.23. The lowest BCUT2D eigenvalue weighted by atomic mass is 10.1. The van der Waals surface area contributed by atoms with Crippen molar-refractivity contribution >= 4 is 11.7 Å². The first-order valence-electron chi connectivity index (χ1n) is 8.43. The fourth-order valence-electron chi connectivity index (χ4n) is 3.07. The second kappa shape index (κ2) is 7.00. The molecule has 0 saturated carbocycles. The number of nitrogens with zero attached hydrogens (tertiary/aromatic N) is 6. The summed E-state index contributed by atoms with van der Waals surface area (Å²) in [5.41, 5.74) is 5.01. The molecule has 25 heavy (non-hydrogen) atoms. The Morgan fingerprint density at radius 3 is 2.88 bits per heavy atom. The molecule has 0 saturated heterocycles. The number of carbonyl (C=O) groups is 1. The molecule has 0 spiro atoms. The number of aryl methyl sites for hydroxylation is 4. The molecule has 0 aliphatic carbocycles. The van der Waals surface area contributed by atoms with Crippen molar-refractivity contribution in [3.05, 3.63) is 40.7 Å². The summed E-state index contributed by atoms with van der Waals surface area (Å²) in [5.74, 6) is 0.607. The van der Waals surface area contributed by atoms with Gasteiger partial charge in [-0.2, -0.15) is 15.2 Å². The van der Waals surface area contributed by atoms with Gasteiger partial charge < -0.3 is 5.32 Å². The molecular weight excluding hydrogens is 318 g/mol. The molecule has 3 aromatic heterocycles. The Balaban J connectivity index is 1.62. The van der Waals surface area contributed by atoms with Gasteiger partial charge in [0.2, 0.25) is 5.91 Å². The average Bonchev–Trinajstić information content (AvgIpc) is 3.18. The van der Waals surface area contributed by atoms with E-state index in [4.69, 9.17) is 0 Å². The maximum atomic E-state index is 12.2. The third-order valence-corrected chi connectivity index (χ3v) is 4.39. The Morgan fingerprint density at radius 2 is 2.12 bits per heavy atom. The molecule has 0 bridgehead atoms. The Labute approximate surface area is 146 Å². The Hall–Kier alpha value is -2.77. The van der Waals surface area contributed by atoms with Crippen LogP contribution >= 0.6 is 0 Å². The average molecular weight is 341 g/mol. The number of amides is 1. The van der Waals surface area contributed by atoms with Crippen molar-refractivity contribution in [2.75, 3.05) is 0 Å². The van der Waals surface area contributed by atoms with Crippen molar-refractivity contribution in [2.45, 2.75) is 46.6 Å². The third-order valence-electron chi connectivity index (χ3n) is 4.39. The number of hydrogen-bond acceptors (Lipinski definition) is 5. The molecule has 8 heteroatoms. The van der Waals surface area contributed by atoms with Gasteiger partial charge in [-0.25, -0.2) is 9.50 Å². The van der Waals surface area contributed by atoms with Crippen molar-refractivity contribution < 1.29 is 4.79 Å². The molecule has 0 aliphatic rings. The highest BCUT2D eigenvalue weighted by molar-refractivity contribution is 5.76. The number of rotatable bonds is 6. The Kier molecular flexibility index (Phi) is 4.78. The van der Waals surface area contributed by atoms with E-state index in [2.05, 4.69) is 32.4 Å². The van der Waals surface area contributed by atoms with Crippen LogP contribution < -0.4 is 5.32 Å². The van der Waals surface area contributed by atoms with Crippen LogP contribution in [-0.2, 0) is 31.2 Å². The highest BCUT2D eigenvalue weighted by Crippen LogP contribution is 2.15. The molecule has 8 nitrogen and oxygen atoms in total. The third kappa shape index (κ3) is 3.52. The summed E-state index contributed by atoms with van der Waals surface area (Å²) in [5, 5.41) is 11.5. The van der Waals surface area contributed by atoms with Gasteiger partial charge in [0.1, 0.15) is 6.33 Å². The van der Waals surface area contributed by atoms with Gasteiger partial charge >= 0.3 is 0 Å². The van der Waals surface area contributed by atoms with E-state index in [1.807, 2.05) is 27.1 Å². The minimum absolute atomic E-state index is 0.0170. The van der Waals surface area contributed by atoms with E-state index in [0.29, 0.717) is 25.2 Å². The van der Waals surface area contributed by atoms with Crippen LogP contribution in [0.3, 0.4) is 0 Å². The quantitative estimate of drug-likeness (QED) is 0.729. The smallest absolute Gasteiger partial charge is 0.252 e. The minimum Gasteiger partial charge on any atom is -0.352 e. The largest absolute Gasteiger partial charge is 0.352 e. The van der Waals surface area contributed by atoms with Gasteiger partial charge in [-0.3, -0.25) is 9.48 Å². The molecule has 0 radical (unpaired) electrons. The molecule has 1 N–H and O–H groups in total. The minimum atomic E-state index is 0.0170. The van der Waals surface area contributed by atoms with Crippen molar-refractivity contribution in [3.63, 3.8) is 0 Å². The summed E-state index contributed by atoms with van der Waals surface area (Å²) in [4.78, 5) is 20.8. The molecule has 1 amide bonds. The summed E-state index contributed by atoms with van der Waals surface area (Å²) >= 11 is 0. The highest BCUT2D eigenvalue weighted by Gasteiger charge is 2.13. The van der Waals surface area contributed by atoms with Crippen LogP contribution in [0.2, 0.25) is 0 Å². The van der Waals surface area contributed by atoms with Crippen LogP contribution in [0.15, 0.2) is 12.5 Å². The van der Waals surface area contributed by atoms with Gasteiger partial charge in [-0.15, -0.1) is 0 Å². The molecule has 0 fully saturated rings. The molecule has 0 atom stereocenters. The normalized spacial score (nSPS) is 11.2. The first-order chi connectivity index (χ1) is 12.0. The molecule has 132 valence electrons.